The summed E-state index contributed by atoms with van der Waals surface area (Å²) >= 11 is 0. The minimum absolute atomic E-state index is 0.287. The molecule has 14 heavy (non-hydrogen) atoms. The number of rotatable bonds is 3. The van der Waals surface area contributed by atoms with Gasteiger partial charge in [0, 0.05) is 12.2 Å². The van der Waals surface area contributed by atoms with Gasteiger partial charge in [0.2, 0.25) is 0 Å². The van der Waals surface area contributed by atoms with Crippen molar-refractivity contribution in [3.63, 3.8) is 0 Å². The fourth-order valence-corrected chi connectivity index (χ4v) is 1.48. The van der Waals surface area contributed by atoms with Crippen LogP contribution >= 0.6 is 0 Å². The molecule has 0 radical (unpaired) electrons. The number of aliphatic hydroxyl groups is 1. The summed E-state index contributed by atoms with van der Waals surface area (Å²) < 4.78 is 0. The Balaban J connectivity index is 3.00. The third-order valence-electron chi connectivity index (χ3n) is 2.30. The van der Waals surface area contributed by atoms with E-state index in [9.17, 15) is 10.2 Å². The van der Waals surface area contributed by atoms with Gasteiger partial charge in [0.25, 0.3) is 0 Å². The van der Waals surface area contributed by atoms with Crippen LogP contribution in [0.1, 0.15) is 19.4 Å². The third kappa shape index (κ3) is 2.17. The molecule has 2 N–H and O–H groups in total. The first kappa shape index (κ1) is 10.9. The molecule has 0 aromatic heterocycles. The van der Waals surface area contributed by atoms with Crippen molar-refractivity contribution in [1.82, 2.24) is 0 Å². The maximum atomic E-state index is 9.49. The van der Waals surface area contributed by atoms with Crippen molar-refractivity contribution in [3.05, 3.63) is 23.8 Å². The van der Waals surface area contributed by atoms with Crippen LogP contribution in [0.25, 0.3) is 0 Å². The Hall–Kier alpha value is -1.22. The van der Waals surface area contributed by atoms with Crippen molar-refractivity contribution >= 4 is 5.69 Å². The molecule has 3 heteroatoms. The predicted molar refractivity (Wildman–Crippen MR) is 57.5 cm³/mol. The van der Waals surface area contributed by atoms with Gasteiger partial charge in [-0.15, -0.1) is 0 Å². The molecule has 3 nitrogen and oxygen atoms in total. The Bertz CT molecular complexity index is 310. The summed E-state index contributed by atoms with van der Waals surface area (Å²) in [7, 11) is 0. The summed E-state index contributed by atoms with van der Waals surface area (Å²) in [4.78, 5) is 1.85. The fourth-order valence-electron chi connectivity index (χ4n) is 1.48. The van der Waals surface area contributed by atoms with Crippen molar-refractivity contribution < 1.29 is 10.2 Å². The average Bonchev–Trinajstić information content (AvgIpc) is 2.11. The van der Waals surface area contributed by atoms with Crippen molar-refractivity contribution in [2.45, 2.75) is 27.0 Å². The summed E-state index contributed by atoms with van der Waals surface area (Å²) in [5.41, 5.74) is 1.75. The molecule has 0 aliphatic rings. The summed E-state index contributed by atoms with van der Waals surface area (Å²) in [6.45, 7) is 6.29. The number of hydrogen-bond acceptors (Lipinski definition) is 3. The zero-order valence-corrected chi connectivity index (χ0v) is 8.86. The number of aromatic hydroxyl groups is 1. The van der Waals surface area contributed by atoms with E-state index in [4.69, 9.17) is 0 Å². The van der Waals surface area contributed by atoms with E-state index in [-0.39, 0.29) is 5.75 Å². The average molecular weight is 195 g/mol. The number of aliphatic hydroxyl groups excluding tert-OH is 1. The Kier molecular flexibility index (Phi) is 3.36. The number of phenolic OH excluding ortho intramolecular Hbond substituents is 1. The summed E-state index contributed by atoms with van der Waals surface area (Å²) in [5.74, 6) is 0.287. The zero-order chi connectivity index (χ0) is 10.7. The predicted octanol–water partition coefficient (Wildman–Crippen LogP) is 1.87. The lowest BCUT2D eigenvalue weighted by Crippen LogP contribution is -2.32. The number of phenols is 1. The maximum absolute atomic E-state index is 9.49. The highest BCUT2D eigenvalue weighted by Gasteiger charge is 2.10. The fraction of sp³-hybridized carbons (Fsp3) is 0.455. The zero-order valence-electron chi connectivity index (χ0n) is 8.86. The largest absolute Gasteiger partial charge is 0.508 e. The molecule has 0 aliphatic carbocycles. The highest BCUT2D eigenvalue weighted by molar-refractivity contribution is 5.52. The number of benzene rings is 1. The first-order valence-corrected chi connectivity index (χ1v) is 4.80. The lowest BCUT2D eigenvalue weighted by atomic mass is 10.2. The molecule has 0 saturated carbocycles. The monoisotopic (exact) mass is 195 g/mol. The van der Waals surface area contributed by atoms with Gasteiger partial charge >= 0.3 is 0 Å². The molecule has 1 aromatic carbocycles. The quantitative estimate of drug-likeness (QED) is 0.723. The SMILES string of the molecule is CCN(c1ccc(O)c(C)c1)C(C)O. The van der Waals surface area contributed by atoms with Crippen LogP contribution in [0.2, 0.25) is 0 Å². The molecule has 1 rings (SSSR count). The smallest absolute Gasteiger partial charge is 0.124 e. The van der Waals surface area contributed by atoms with Gasteiger partial charge in [0.1, 0.15) is 12.0 Å². The van der Waals surface area contributed by atoms with Crippen LogP contribution in [0.3, 0.4) is 0 Å². The standard InChI is InChI=1S/C11H17NO2/c1-4-12(9(3)13)10-5-6-11(14)8(2)7-10/h5-7,9,13-14H,4H2,1-3H3. The van der Waals surface area contributed by atoms with Gasteiger partial charge in [0.05, 0.1) is 0 Å². The van der Waals surface area contributed by atoms with Crippen molar-refractivity contribution in [2.75, 3.05) is 11.4 Å². The molecule has 0 amide bonds. The molecule has 0 saturated heterocycles. The third-order valence-corrected chi connectivity index (χ3v) is 2.30. The molecule has 0 aliphatic heterocycles. The van der Waals surface area contributed by atoms with Gasteiger partial charge < -0.3 is 15.1 Å². The summed E-state index contributed by atoms with van der Waals surface area (Å²) in [6.07, 6.45) is -0.510. The van der Waals surface area contributed by atoms with Crippen LogP contribution in [0.15, 0.2) is 18.2 Å². The second kappa shape index (κ2) is 4.33. The van der Waals surface area contributed by atoms with E-state index in [2.05, 4.69) is 0 Å². The Morgan fingerprint density at radius 2 is 2.07 bits per heavy atom. The molecule has 0 heterocycles. The van der Waals surface area contributed by atoms with E-state index in [1.54, 1.807) is 19.1 Å². The first-order chi connectivity index (χ1) is 6.56. The topological polar surface area (TPSA) is 43.7 Å². The Morgan fingerprint density at radius 1 is 1.43 bits per heavy atom. The summed E-state index contributed by atoms with van der Waals surface area (Å²) in [6, 6.07) is 5.32. The van der Waals surface area contributed by atoms with Crippen LogP contribution in [0.4, 0.5) is 5.69 Å². The van der Waals surface area contributed by atoms with E-state index in [1.165, 1.54) is 0 Å². The van der Waals surface area contributed by atoms with E-state index >= 15 is 0 Å². The lowest BCUT2D eigenvalue weighted by Gasteiger charge is -2.26. The number of aryl methyl sites for hydroxylation is 1. The van der Waals surface area contributed by atoms with Crippen molar-refractivity contribution in [2.24, 2.45) is 0 Å². The molecule has 0 spiro atoms. The number of anilines is 1. The van der Waals surface area contributed by atoms with E-state index in [0.717, 1.165) is 17.8 Å². The van der Waals surface area contributed by atoms with Crippen LogP contribution < -0.4 is 4.90 Å². The normalized spacial score (nSPS) is 12.6. The second-order valence-electron chi connectivity index (χ2n) is 3.39. The van der Waals surface area contributed by atoms with Crippen molar-refractivity contribution in [1.29, 1.82) is 0 Å². The van der Waals surface area contributed by atoms with Crippen LogP contribution in [-0.2, 0) is 0 Å². The number of hydrogen-bond donors (Lipinski definition) is 2. The molecule has 0 bridgehead atoms. The maximum Gasteiger partial charge on any atom is 0.124 e. The van der Waals surface area contributed by atoms with Gasteiger partial charge in [-0.3, -0.25) is 0 Å². The molecule has 1 unspecified atom stereocenters. The van der Waals surface area contributed by atoms with Crippen molar-refractivity contribution in [3.8, 4) is 5.75 Å². The van der Waals surface area contributed by atoms with Gasteiger partial charge in [-0.1, -0.05) is 0 Å². The highest BCUT2D eigenvalue weighted by Crippen LogP contribution is 2.23. The van der Waals surface area contributed by atoms with Crippen LogP contribution in [-0.4, -0.2) is 23.0 Å². The molecular weight excluding hydrogens is 178 g/mol. The Labute approximate surface area is 84.6 Å². The first-order valence-electron chi connectivity index (χ1n) is 4.80. The van der Waals surface area contributed by atoms with Gasteiger partial charge in [-0.05, 0) is 44.5 Å². The van der Waals surface area contributed by atoms with E-state index in [1.807, 2.05) is 24.8 Å². The van der Waals surface area contributed by atoms with E-state index in [0.29, 0.717) is 0 Å². The molecule has 0 fully saturated rings. The van der Waals surface area contributed by atoms with E-state index < -0.39 is 6.23 Å². The number of nitrogens with zero attached hydrogens (tertiary/aromatic N) is 1. The minimum Gasteiger partial charge on any atom is -0.508 e. The minimum atomic E-state index is -0.510. The van der Waals surface area contributed by atoms with Crippen LogP contribution in [0, 0.1) is 6.92 Å². The molecule has 78 valence electrons. The van der Waals surface area contributed by atoms with Crippen LogP contribution in [0.5, 0.6) is 5.75 Å². The molecule has 1 atom stereocenters. The lowest BCUT2D eigenvalue weighted by molar-refractivity contribution is 0.190. The molecule has 1 aromatic rings. The Morgan fingerprint density at radius 3 is 2.50 bits per heavy atom. The van der Waals surface area contributed by atoms with Gasteiger partial charge in [-0.2, -0.15) is 0 Å². The van der Waals surface area contributed by atoms with Gasteiger partial charge in [-0.25, -0.2) is 0 Å². The summed E-state index contributed by atoms with van der Waals surface area (Å²) in [5, 5.41) is 18.8. The molecular formula is C11H17NO2. The highest BCUT2D eigenvalue weighted by atomic mass is 16.3. The second-order valence-corrected chi connectivity index (χ2v) is 3.39. The van der Waals surface area contributed by atoms with Gasteiger partial charge in [0.15, 0.2) is 0 Å².